The van der Waals surface area contributed by atoms with Crippen LogP contribution in [-0.2, 0) is 62.2 Å². The van der Waals surface area contributed by atoms with Crippen molar-refractivity contribution in [1.82, 2.24) is 21.3 Å². The van der Waals surface area contributed by atoms with Gasteiger partial charge in [0, 0.05) is 43.3 Å². The molecule has 21 heteroatoms. The highest BCUT2D eigenvalue weighted by atomic mass is 32.1. The van der Waals surface area contributed by atoms with E-state index in [1.165, 1.54) is 25.7 Å². The second-order valence-corrected chi connectivity index (χ2v) is 14.8. The molecule has 0 bridgehead atoms. The summed E-state index contributed by atoms with van der Waals surface area (Å²) in [5.41, 5.74) is 0. The quantitative estimate of drug-likeness (QED) is 0.0342. The molecule has 0 rings (SSSR count). The SMILES string of the molecule is O=C(O)CCC(NC(=O)COCCOCCNC(=O)COCCOCCNC(=O)CC[C@H](NC(=O)CCCCCCCCCCCCCCCCC(=O)OF)C(=O)O)C(=O)S. The Labute approximate surface area is 363 Å². The van der Waals surface area contributed by atoms with Crippen LogP contribution in [0.4, 0.5) is 4.53 Å². The Morgan fingerprint density at radius 1 is 0.475 bits per heavy atom. The largest absolute Gasteiger partial charge is 0.481 e. The van der Waals surface area contributed by atoms with Crippen molar-refractivity contribution in [1.29, 1.82) is 0 Å². The Morgan fingerprint density at radius 2 is 0.902 bits per heavy atom. The maximum atomic E-state index is 12.3. The summed E-state index contributed by atoms with van der Waals surface area (Å²) in [6.45, 7) is 0.672. The first-order valence-electron chi connectivity index (χ1n) is 21.3. The van der Waals surface area contributed by atoms with Gasteiger partial charge in [0.05, 0.1) is 45.7 Å². The first-order valence-corrected chi connectivity index (χ1v) is 21.7. The average Bonchev–Trinajstić information content (AvgIpc) is 3.22. The van der Waals surface area contributed by atoms with E-state index in [9.17, 15) is 48.0 Å². The van der Waals surface area contributed by atoms with Crippen molar-refractivity contribution in [2.45, 2.75) is 141 Å². The van der Waals surface area contributed by atoms with Gasteiger partial charge in [-0.05, 0) is 25.7 Å². The van der Waals surface area contributed by atoms with E-state index in [1.807, 2.05) is 0 Å². The van der Waals surface area contributed by atoms with E-state index in [0.717, 1.165) is 51.4 Å². The average molecular weight is 897 g/mol. The van der Waals surface area contributed by atoms with Gasteiger partial charge in [-0.25, -0.2) is 9.59 Å². The fraction of sp³-hybridized carbons (Fsp3) is 0.800. The minimum atomic E-state index is -1.20. The molecule has 0 saturated heterocycles. The van der Waals surface area contributed by atoms with Crippen LogP contribution in [0, 0.1) is 0 Å². The number of hydrogen-bond acceptors (Lipinski definition) is 13. The van der Waals surface area contributed by atoms with Gasteiger partial charge < -0.3 is 50.4 Å². The number of rotatable bonds is 43. The molecule has 352 valence electrons. The molecule has 0 fully saturated rings. The predicted octanol–water partition coefficient (Wildman–Crippen LogP) is 3.11. The van der Waals surface area contributed by atoms with Gasteiger partial charge in [-0.2, -0.15) is 0 Å². The van der Waals surface area contributed by atoms with Crippen LogP contribution in [0.25, 0.3) is 0 Å². The standard InChI is InChI=1S/C40H69FN4O15S/c41-60-38(52)16-14-12-10-8-6-4-2-1-3-5-7-9-11-13-15-34(47)44-31(39(53)54)17-19-33(46)42-21-23-56-25-27-58-29-35(48)43-22-24-57-26-28-59-30-36(49)45-32(40(55)61)18-20-37(50)51/h31-32H,1-30H2,(H,42,46)(H,43,48)(H,44,47)(H,45,49)(H,50,51)(H,53,54)(H,55,61)/t31-,32?/m0/s1. The number of unbranched alkanes of at least 4 members (excludes halogenated alkanes) is 13. The van der Waals surface area contributed by atoms with Crippen molar-refractivity contribution in [2.75, 3.05) is 65.9 Å². The van der Waals surface area contributed by atoms with Gasteiger partial charge >= 0.3 is 17.9 Å². The van der Waals surface area contributed by atoms with Crippen molar-refractivity contribution >= 4 is 59.3 Å². The van der Waals surface area contributed by atoms with Crippen LogP contribution in [0.3, 0.4) is 0 Å². The second kappa shape index (κ2) is 40.2. The topological polar surface area (TPSA) is 271 Å². The lowest BCUT2D eigenvalue weighted by atomic mass is 10.0. The molecule has 0 aromatic carbocycles. The predicted molar refractivity (Wildman–Crippen MR) is 222 cm³/mol. The fourth-order valence-electron chi connectivity index (χ4n) is 5.71. The Morgan fingerprint density at radius 3 is 1.38 bits per heavy atom. The first-order chi connectivity index (χ1) is 29.3. The fourth-order valence-corrected chi connectivity index (χ4v) is 5.90. The lowest BCUT2D eigenvalue weighted by Gasteiger charge is -2.14. The van der Waals surface area contributed by atoms with Crippen molar-refractivity contribution in [3.8, 4) is 0 Å². The summed E-state index contributed by atoms with van der Waals surface area (Å²) in [4.78, 5) is 95.8. The number of carbonyl (C=O) groups excluding carboxylic acids is 6. The number of hydrogen-bond donors (Lipinski definition) is 7. The highest BCUT2D eigenvalue weighted by Gasteiger charge is 2.21. The van der Waals surface area contributed by atoms with Gasteiger partial charge in [0.15, 0.2) is 0 Å². The van der Waals surface area contributed by atoms with Gasteiger partial charge in [-0.1, -0.05) is 77.0 Å². The van der Waals surface area contributed by atoms with E-state index in [4.69, 9.17) is 24.1 Å². The maximum absolute atomic E-state index is 12.3. The summed E-state index contributed by atoms with van der Waals surface area (Å²) in [5.74, 6) is -4.81. The Bertz CT molecular complexity index is 1270. The Balaban J connectivity index is 3.72. The van der Waals surface area contributed by atoms with E-state index in [2.05, 4.69) is 38.8 Å². The molecule has 1 unspecified atom stereocenters. The van der Waals surface area contributed by atoms with Crippen LogP contribution in [0.2, 0.25) is 0 Å². The molecule has 0 aliphatic carbocycles. The highest BCUT2D eigenvalue weighted by molar-refractivity contribution is 7.96. The molecule has 0 heterocycles. The molecule has 19 nitrogen and oxygen atoms in total. The monoisotopic (exact) mass is 896 g/mol. The van der Waals surface area contributed by atoms with E-state index < -0.39 is 41.0 Å². The minimum absolute atomic E-state index is 0.0494. The number of ether oxygens (including phenoxy) is 4. The third-order valence-electron chi connectivity index (χ3n) is 9.04. The van der Waals surface area contributed by atoms with E-state index in [1.54, 1.807) is 0 Å². The molecule has 0 aromatic rings. The molecule has 0 aliphatic heterocycles. The zero-order chi connectivity index (χ0) is 45.4. The van der Waals surface area contributed by atoms with Crippen LogP contribution in [0.15, 0.2) is 0 Å². The van der Waals surface area contributed by atoms with Crippen molar-refractivity contribution in [2.24, 2.45) is 0 Å². The van der Waals surface area contributed by atoms with Gasteiger partial charge in [-0.3, -0.25) is 33.7 Å². The number of carboxylic acids is 2. The van der Waals surface area contributed by atoms with Gasteiger partial charge in [0.1, 0.15) is 19.3 Å². The molecule has 4 amide bonds. The number of halogens is 1. The number of nitrogens with one attached hydrogen (secondary N) is 4. The van der Waals surface area contributed by atoms with Crippen molar-refractivity contribution < 1.29 is 77.0 Å². The second-order valence-electron chi connectivity index (χ2n) is 14.3. The third kappa shape index (κ3) is 38.7. The molecule has 0 radical (unpaired) electrons. The molecule has 0 saturated carbocycles. The number of amides is 4. The van der Waals surface area contributed by atoms with Crippen molar-refractivity contribution in [3.05, 3.63) is 0 Å². The molecule has 0 aliphatic rings. The highest BCUT2D eigenvalue weighted by Crippen LogP contribution is 2.14. The third-order valence-corrected chi connectivity index (χ3v) is 9.35. The van der Waals surface area contributed by atoms with E-state index in [-0.39, 0.29) is 122 Å². The summed E-state index contributed by atoms with van der Waals surface area (Å²) >= 11 is 3.64. The number of aliphatic carboxylic acids is 2. The summed E-state index contributed by atoms with van der Waals surface area (Å²) in [6, 6.07) is -2.19. The Kier molecular flexibility index (Phi) is 37.6. The molecule has 0 aromatic heterocycles. The zero-order valence-corrected chi connectivity index (χ0v) is 36.3. The van der Waals surface area contributed by atoms with Gasteiger partial charge in [-0.15, -0.1) is 12.6 Å². The van der Waals surface area contributed by atoms with Crippen LogP contribution in [0.5, 0.6) is 0 Å². The smallest absolute Gasteiger partial charge is 0.348 e. The molecule has 0 spiro atoms. The first kappa shape index (κ1) is 57.1. The molecular formula is C40H69FN4O15S. The van der Waals surface area contributed by atoms with Gasteiger partial charge in [0.25, 0.3) is 0 Å². The normalized spacial score (nSPS) is 11.9. The number of thiol groups is 1. The van der Waals surface area contributed by atoms with E-state index in [0.29, 0.717) is 12.8 Å². The van der Waals surface area contributed by atoms with E-state index >= 15 is 0 Å². The van der Waals surface area contributed by atoms with Gasteiger partial charge in [0.2, 0.25) is 28.7 Å². The summed E-state index contributed by atoms with van der Waals surface area (Å²) < 4.78 is 32.7. The minimum Gasteiger partial charge on any atom is -0.481 e. The lowest BCUT2D eigenvalue weighted by Crippen LogP contribution is -2.41. The van der Waals surface area contributed by atoms with Crippen LogP contribution >= 0.6 is 12.6 Å². The van der Waals surface area contributed by atoms with Crippen LogP contribution < -0.4 is 21.3 Å². The lowest BCUT2D eigenvalue weighted by molar-refractivity contribution is -0.183. The van der Waals surface area contributed by atoms with Crippen LogP contribution in [0.1, 0.15) is 128 Å². The summed E-state index contributed by atoms with van der Waals surface area (Å²) in [7, 11) is 0. The number of carbonyl (C=O) groups is 8. The Hall–Kier alpha value is -3.92. The summed E-state index contributed by atoms with van der Waals surface area (Å²) in [6.07, 6.45) is 14.3. The van der Waals surface area contributed by atoms with Crippen LogP contribution in [-0.4, -0.2) is 135 Å². The maximum Gasteiger partial charge on any atom is 0.348 e. The number of carboxylic acid groups (broad SMARTS) is 2. The zero-order valence-electron chi connectivity index (χ0n) is 35.4. The molecule has 6 N–H and O–H groups in total. The molecule has 2 atom stereocenters. The van der Waals surface area contributed by atoms with Crippen molar-refractivity contribution in [3.63, 3.8) is 0 Å². The molecule has 61 heavy (non-hydrogen) atoms. The summed E-state index contributed by atoms with van der Waals surface area (Å²) in [5, 5.41) is 27.7. The molecular weight excluding hydrogens is 828 g/mol.